The van der Waals surface area contributed by atoms with Gasteiger partial charge in [0.25, 0.3) is 5.91 Å². The van der Waals surface area contributed by atoms with Crippen LogP contribution in [0.25, 0.3) is 11.1 Å². The molecule has 3 rings (SSSR count). The average molecular weight is 558 g/mol. The van der Waals surface area contributed by atoms with Gasteiger partial charge in [-0.2, -0.15) is 0 Å². The summed E-state index contributed by atoms with van der Waals surface area (Å²) in [5, 5.41) is 2.77. The zero-order valence-electron chi connectivity index (χ0n) is 25.9. The first kappa shape index (κ1) is 31.9. The van der Waals surface area contributed by atoms with Crippen LogP contribution in [0, 0.1) is 13.8 Å². The van der Waals surface area contributed by atoms with Crippen LogP contribution in [0.1, 0.15) is 105 Å². The molecular weight excluding hydrogens is 510 g/mol. The summed E-state index contributed by atoms with van der Waals surface area (Å²) in [4.78, 5) is 23.8. The van der Waals surface area contributed by atoms with Gasteiger partial charge in [-0.05, 0) is 89.8 Å². The summed E-state index contributed by atoms with van der Waals surface area (Å²) in [6.07, 6.45) is 5.56. The maximum atomic E-state index is 12.5. The van der Waals surface area contributed by atoms with Crippen LogP contribution in [0.15, 0.2) is 60.7 Å². The number of nitrogens with one attached hydrogen (secondary N) is 1. The Morgan fingerprint density at radius 3 is 2.07 bits per heavy atom. The minimum Gasteiger partial charge on any atom is -0.486 e. The molecule has 1 N–H and O–H groups in total. The highest BCUT2D eigenvalue weighted by atomic mass is 16.5. The van der Waals surface area contributed by atoms with Gasteiger partial charge in [-0.15, -0.1) is 0 Å². The van der Waals surface area contributed by atoms with Gasteiger partial charge < -0.3 is 14.8 Å². The number of amides is 1. The Morgan fingerprint density at radius 2 is 1.51 bits per heavy atom. The molecule has 0 bridgehead atoms. The molecule has 0 aliphatic carbocycles. The molecule has 0 aliphatic heterocycles. The summed E-state index contributed by atoms with van der Waals surface area (Å²) >= 11 is 0. The summed E-state index contributed by atoms with van der Waals surface area (Å²) in [5.41, 5.74) is 7.89. The molecule has 1 atom stereocenters. The van der Waals surface area contributed by atoms with Crippen molar-refractivity contribution in [3.8, 4) is 16.9 Å². The van der Waals surface area contributed by atoms with E-state index in [9.17, 15) is 9.59 Å². The first-order valence-electron chi connectivity index (χ1n) is 14.9. The first-order valence-corrected chi connectivity index (χ1v) is 14.9. The molecule has 41 heavy (non-hydrogen) atoms. The largest absolute Gasteiger partial charge is 0.486 e. The smallest absolute Gasteiger partial charge is 0.307 e. The summed E-state index contributed by atoms with van der Waals surface area (Å²) in [5.74, 6) is 0.305. The van der Waals surface area contributed by atoms with Gasteiger partial charge in [0.2, 0.25) is 0 Å². The van der Waals surface area contributed by atoms with Crippen LogP contribution in [-0.4, -0.2) is 25.5 Å². The second kappa shape index (κ2) is 14.9. The van der Waals surface area contributed by atoms with Crippen LogP contribution in [0.5, 0.6) is 5.75 Å². The Kier molecular flexibility index (Phi) is 11.6. The number of unbranched alkanes of at least 4 members (excludes halogenated alkanes) is 3. The lowest BCUT2D eigenvalue weighted by Gasteiger charge is -2.22. The van der Waals surface area contributed by atoms with Crippen LogP contribution >= 0.6 is 0 Å². The number of aryl methyl sites for hydroxylation is 2. The fraction of sp³-hybridized carbons (Fsp3) is 0.444. The second-order valence-electron chi connectivity index (χ2n) is 11.9. The molecule has 0 aromatic heterocycles. The molecule has 5 heteroatoms. The fourth-order valence-corrected chi connectivity index (χ4v) is 5.13. The third-order valence-electron chi connectivity index (χ3n) is 7.53. The molecule has 0 fully saturated rings. The number of benzene rings is 3. The van der Waals surface area contributed by atoms with Crippen molar-refractivity contribution in [3.63, 3.8) is 0 Å². The lowest BCUT2D eigenvalue weighted by molar-refractivity contribution is -0.140. The van der Waals surface area contributed by atoms with E-state index in [0.717, 1.165) is 24.2 Å². The van der Waals surface area contributed by atoms with E-state index in [4.69, 9.17) is 4.74 Å². The Hall–Kier alpha value is -3.60. The first-order chi connectivity index (χ1) is 19.5. The van der Waals surface area contributed by atoms with Crippen molar-refractivity contribution >= 4 is 11.9 Å². The number of carbonyl (C=O) groups is 2. The predicted molar refractivity (Wildman–Crippen MR) is 168 cm³/mol. The highest BCUT2D eigenvalue weighted by Crippen LogP contribution is 2.35. The number of rotatable bonds is 13. The lowest BCUT2D eigenvalue weighted by Crippen LogP contribution is -2.26. The van der Waals surface area contributed by atoms with E-state index in [1.165, 1.54) is 54.2 Å². The van der Waals surface area contributed by atoms with E-state index >= 15 is 0 Å². The highest BCUT2D eigenvalue weighted by Gasteiger charge is 2.18. The summed E-state index contributed by atoms with van der Waals surface area (Å²) < 4.78 is 11.3. The van der Waals surface area contributed by atoms with Gasteiger partial charge in [-0.25, -0.2) is 0 Å². The molecular formula is C36H47NO4. The van der Waals surface area contributed by atoms with Gasteiger partial charge in [-0.1, -0.05) is 83.4 Å². The third kappa shape index (κ3) is 9.21. The van der Waals surface area contributed by atoms with Crippen molar-refractivity contribution in [2.75, 3.05) is 13.7 Å². The van der Waals surface area contributed by atoms with Crippen molar-refractivity contribution in [2.24, 2.45) is 0 Å². The van der Waals surface area contributed by atoms with E-state index in [1.54, 1.807) is 0 Å². The number of ether oxygens (including phenoxy) is 2. The maximum Gasteiger partial charge on any atom is 0.307 e. The van der Waals surface area contributed by atoms with Gasteiger partial charge in [0.05, 0.1) is 13.5 Å². The van der Waals surface area contributed by atoms with Gasteiger partial charge in [0.15, 0.2) is 0 Å². The van der Waals surface area contributed by atoms with E-state index in [1.807, 2.05) is 24.3 Å². The molecule has 1 unspecified atom stereocenters. The Balaban J connectivity index is 1.78. The number of esters is 1. The number of carbonyl (C=O) groups excluding carboxylic acids is 2. The van der Waals surface area contributed by atoms with E-state index in [2.05, 4.69) is 88.0 Å². The molecule has 0 heterocycles. The zero-order valence-corrected chi connectivity index (χ0v) is 25.9. The van der Waals surface area contributed by atoms with Crippen molar-refractivity contribution in [2.45, 2.75) is 91.6 Å². The van der Waals surface area contributed by atoms with Crippen molar-refractivity contribution in [3.05, 3.63) is 88.5 Å². The molecule has 0 aliphatic rings. The Bertz CT molecular complexity index is 1260. The molecule has 5 nitrogen and oxygen atoms in total. The number of hydrogen-bond donors (Lipinski definition) is 1. The van der Waals surface area contributed by atoms with Crippen LogP contribution in [0.3, 0.4) is 0 Å². The molecule has 3 aromatic carbocycles. The van der Waals surface area contributed by atoms with Crippen LogP contribution in [-0.2, 0) is 14.9 Å². The quantitative estimate of drug-likeness (QED) is 0.169. The molecule has 0 radical (unpaired) electrons. The summed E-state index contributed by atoms with van der Waals surface area (Å²) in [6, 6.07) is 20.8. The predicted octanol–water partition coefficient (Wildman–Crippen LogP) is 8.65. The lowest BCUT2D eigenvalue weighted by atomic mass is 9.85. The standard InChI is InChI=1S/C36H47NO4/c1-8-9-10-11-12-32(27-13-15-29(16-14-27)35(39)37-22-21-33(38)40-7)41-31-23-25(2)34(26(3)24-31)28-17-19-30(20-18-28)36(4,5)6/h13-20,23-24,32H,8-12,21-22H2,1-7H3,(H,37,39). The highest BCUT2D eigenvalue weighted by molar-refractivity contribution is 5.94. The van der Waals surface area contributed by atoms with E-state index in [-0.39, 0.29) is 36.4 Å². The Labute approximate surface area is 246 Å². The van der Waals surface area contributed by atoms with Crippen molar-refractivity contribution < 1.29 is 19.1 Å². The van der Waals surface area contributed by atoms with Gasteiger partial charge in [0, 0.05) is 12.1 Å². The normalized spacial score (nSPS) is 12.1. The van der Waals surface area contributed by atoms with Gasteiger partial charge in [0.1, 0.15) is 11.9 Å². The molecule has 0 saturated heterocycles. The molecule has 0 saturated carbocycles. The molecule has 3 aromatic rings. The van der Waals surface area contributed by atoms with Crippen molar-refractivity contribution in [1.29, 1.82) is 0 Å². The number of hydrogen-bond acceptors (Lipinski definition) is 4. The fourth-order valence-electron chi connectivity index (χ4n) is 5.13. The minimum absolute atomic E-state index is 0.112. The van der Waals surface area contributed by atoms with Crippen LogP contribution in [0.2, 0.25) is 0 Å². The SMILES string of the molecule is CCCCCCC(Oc1cc(C)c(-c2ccc(C(C)(C)C)cc2)c(C)c1)c1ccc(C(=O)NCCC(=O)OC)cc1. The monoisotopic (exact) mass is 557 g/mol. The molecule has 0 spiro atoms. The summed E-state index contributed by atoms with van der Waals surface area (Å²) in [6.45, 7) is 13.5. The van der Waals surface area contributed by atoms with E-state index in [0.29, 0.717) is 5.56 Å². The van der Waals surface area contributed by atoms with Gasteiger partial charge >= 0.3 is 5.97 Å². The second-order valence-corrected chi connectivity index (χ2v) is 11.9. The topological polar surface area (TPSA) is 64.6 Å². The van der Waals surface area contributed by atoms with Crippen molar-refractivity contribution in [1.82, 2.24) is 5.32 Å². The third-order valence-corrected chi connectivity index (χ3v) is 7.53. The minimum atomic E-state index is -0.347. The average Bonchev–Trinajstić information content (AvgIpc) is 2.94. The molecule has 220 valence electrons. The van der Waals surface area contributed by atoms with Crippen LogP contribution < -0.4 is 10.1 Å². The van der Waals surface area contributed by atoms with Gasteiger partial charge in [-0.3, -0.25) is 9.59 Å². The van der Waals surface area contributed by atoms with Crippen LogP contribution in [0.4, 0.5) is 0 Å². The number of methoxy groups -OCH3 is 1. The summed E-state index contributed by atoms with van der Waals surface area (Å²) in [7, 11) is 1.34. The van der Waals surface area contributed by atoms with E-state index < -0.39 is 0 Å². The zero-order chi connectivity index (χ0) is 30.0. The maximum absolute atomic E-state index is 12.5. The molecule has 1 amide bonds. The Morgan fingerprint density at radius 1 is 0.878 bits per heavy atom.